The molecular weight excluding hydrogens is 306 g/mol. The minimum absolute atomic E-state index is 0.169. The molecule has 24 heavy (non-hydrogen) atoms. The molecule has 0 aliphatic heterocycles. The first-order chi connectivity index (χ1) is 11.5. The minimum Gasteiger partial charge on any atom is -0.508 e. The van der Waals surface area contributed by atoms with Crippen molar-refractivity contribution in [1.82, 2.24) is 0 Å². The number of benzene rings is 2. The van der Waals surface area contributed by atoms with Crippen LogP contribution in [0.5, 0.6) is 17.2 Å². The summed E-state index contributed by atoms with van der Waals surface area (Å²) in [5, 5.41) is 12.2. The molecular formula is C19H21NO4. The van der Waals surface area contributed by atoms with Gasteiger partial charge in [-0.05, 0) is 61.4 Å². The van der Waals surface area contributed by atoms with Gasteiger partial charge in [0.25, 0.3) is 0 Å². The van der Waals surface area contributed by atoms with Crippen molar-refractivity contribution in [3.8, 4) is 17.2 Å². The lowest BCUT2D eigenvalue weighted by Crippen LogP contribution is -2.08. The Balaban J connectivity index is 2.08. The molecule has 5 nitrogen and oxygen atoms in total. The Kier molecular flexibility index (Phi) is 5.84. The van der Waals surface area contributed by atoms with Crippen molar-refractivity contribution < 1.29 is 19.4 Å². The van der Waals surface area contributed by atoms with E-state index < -0.39 is 0 Å². The topological polar surface area (TPSA) is 67.8 Å². The number of nitrogens with one attached hydrogen (secondary N) is 1. The lowest BCUT2D eigenvalue weighted by molar-refractivity contribution is -0.111. The van der Waals surface area contributed by atoms with Gasteiger partial charge in [0, 0.05) is 11.8 Å². The molecule has 0 saturated heterocycles. The zero-order valence-electron chi connectivity index (χ0n) is 14.0. The summed E-state index contributed by atoms with van der Waals surface area (Å²) < 4.78 is 10.7. The van der Waals surface area contributed by atoms with Crippen LogP contribution in [-0.2, 0) is 4.79 Å². The van der Waals surface area contributed by atoms with Crippen LogP contribution in [0.2, 0.25) is 0 Å². The van der Waals surface area contributed by atoms with Crippen LogP contribution >= 0.6 is 0 Å². The molecule has 0 aliphatic carbocycles. The highest BCUT2D eigenvalue weighted by atomic mass is 16.5. The van der Waals surface area contributed by atoms with Crippen molar-refractivity contribution >= 4 is 17.7 Å². The first-order valence-corrected chi connectivity index (χ1v) is 7.63. The van der Waals surface area contributed by atoms with E-state index in [0.717, 1.165) is 11.1 Å². The number of anilines is 1. The van der Waals surface area contributed by atoms with E-state index in [4.69, 9.17) is 9.47 Å². The summed E-state index contributed by atoms with van der Waals surface area (Å²) in [5.41, 5.74) is 2.28. The number of phenols is 1. The second kappa shape index (κ2) is 8.06. The van der Waals surface area contributed by atoms with Crippen LogP contribution in [0.15, 0.2) is 42.5 Å². The monoisotopic (exact) mass is 327 g/mol. The highest BCUT2D eigenvalue weighted by Gasteiger charge is 2.05. The van der Waals surface area contributed by atoms with Crippen molar-refractivity contribution in [2.75, 3.05) is 19.0 Å². The number of aromatic hydroxyl groups is 1. The number of ether oxygens (including phenoxy) is 2. The molecule has 0 aliphatic rings. The molecule has 2 N–H and O–H groups in total. The number of carbonyl (C=O) groups is 1. The van der Waals surface area contributed by atoms with Gasteiger partial charge < -0.3 is 19.9 Å². The van der Waals surface area contributed by atoms with Crippen molar-refractivity contribution in [3.05, 3.63) is 53.6 Å². The number of phenolic OH excluding ortho intramolecular Hbond substituents is 1. The number of methoxy groups -OCH3 is 1. The van der Waals surface area contributed by atoms with Gasteiger partial charge in [-0.25, -0.2) is 0 Å². The highest BCUT2D eigenvalue weighted by molar-refractivity contribution is 6.02. The normalized spacial score (nSPS) is 10.6. The molecule has 2 aromatic rings. The third-order valence-electron chi connectivity index (χ3n) is 3.38. The molecule has 0 unspecified atom stereocenters. The van der Waals surface area contributed by atoms with Crippen molar-refractivity contribution in [2.45, 2.75) is 13.8 Å². The standard InChI is InChI=1S/C19H21NO4/c1-4-24-17-9-5-14(12-18(17)23-3)6-10-19(22)20-16-8-7-15(21)11-13(16)2/h5-12,21H,4H2,1-3H3,(H,20,22)/b10-6+. The molecule has 0 heterocycles. The van der Waals surface area contributed by atoms with Gasteiger partial charge in [-0.15, -0.1) is 0 Å². The van der Waals surface area contributed by atoms with Gasteiger partial charge in [-0.1, -0.05) is 6.07 Å². The number of aryl methyl sites for hydroxylation is 1. The summed E-state index contributed by atoms with van der Waals surface area (Å²) in [6.45, 7) is 4.28. The predicted molar refractivity (Wildman–Crippen MR) is 94.7 cm³/mol. The fraction of sp³-hybridized carbons (Fsp3) is 0.211. The molecule has 0 bridgehead atoms. The van der Waals surface area contributed by atoms with Crippen LogP contribution < -0.4 is 14.8 Å². The highest BCUT2D eigenvalue weighted by Crippen LogP contribution is 2.28. The molecule has 0 atom stereocenters. The third kappa shape index (κ3) is 4.52. The van der Waals surface area contributed by atoms with Crippen LogP contribution in [0.3, 0.4) is 0 Å². The molecule has 0 saturated carbocycles. The van der Waals surface area contributed by atoms with Crippen molar-refractivity contribution in [2.24, 2.45) is 0 Å². The van der Waals surface area contributed by atoms with Gasteiger partial charge >= 0.3 is 0 Å². The van der Waals surface area contributed by atoms with Crippen LogP contribution in [0.1, 0.15) is 18.1 Å². The van der Waals surface area contributed by atoms with E-state index in [1.54, 1.807) is 31.4 Å². The average Bonchev–Trinajstić information content (AvgIpc) is 2.56. The number of amides is 1. The Hall–Kier alpha value is -2.95. The quantitative estimate of drug-likeness (QED) is 0.626. The largest absolute Gasteiger partial charge is 0.508 e. The molecule has 0 aromatic heterocycles. The second-order valence-electron chi connectivity index (χ2n) is 5.17. The molecule has 1 amide bonds. The summed E-state index contributed by atoms with van der Waals surface area (Å²) in [4.78, 5) is 12.0. The molecule has 5 heteroatoms. The zero-order chi connectivity index (χ0) is 17.5. The second-order valence-corrected chi connectivity index (χ2v) is 5.17. The lowest BCUT2D eigenvalue weighted by Gasteiger charge is -2.09. The van der Waals surface area contributed by atoms with E-state index >= 15 is 0 Å². The van der Waals surface area contributed by atoms with Crippen LogP contribution in [0, 0.1) is 6.92 Å². The van der Waals surface area contributed by atoms with Crippen LogP contribution in [0.4, 0.5) is 5.69 Å². The molecule has 0 radical (unpaired) electrons. The predicted octanol–water partition coefficient (Wildman–Crippen LogP) is 3.76. The van der Waals surface area contributed by atoms with Crippen molar-refractivity contribution in [1.29, 1.82) is 0 Å². The van der Waals surface area contributed by atoms with Crippen molar-refractivity contribution in [3.63, 3.8) is 0 Å². The van der Waals surface area contributed by atoms with E-state index in [9.17, 15) is 9.90 Å². The Morgan fingerprint density at radius 3 is 2.67 bits per heavy atom. The van der Waals surface area contributed by atoms with Gasteiger partial charge in [0.2, 0.25) is 5.91 Å². The van der Waals surface area contributed by atoms with Gasteiger partial charge in [0.15, 0.2) is 11.5 Å². The molecule has 0 spiro atoms. The zero-order valence-corrected chi connectivity index (χ0v) is 14.0. The fourth-order valence-electron chi connectivity index (χ4n) is 2.20. The van der Waals surface area contributed by atoms with E-state index in [0.29, 0.717) is 23.8 Å². The Morgan fingerprint density at radius 2 is 2.00 bits per heavy atom. The Bertz CT molecular complexity index is 753. The molecule has 126 valence electrons. The number of hydrogen-bond donors (Lipinski definition) is 2. The summed E-state index contributed by atoms with van der Waals surface area (Å²) in [6, 6.07) is 10.3. The maximum absolute atomic E-state index is 12.0. The average molecular weight is 327 g/mol. The minimum atomic E-state index is -0.253. The SMILES string of the molecule is CCOc1ccc(/C=C/C(=O)Nc2ccc(O)cc2C)cc1OC. The molecule has 2 rings (SSSR count). The third-order valence-corrected chi connectivity index (χ3v) is 3.38. The fourth-order valence-corrected chi connectivity index (χ4v) is 2.20. The number of carbonyl (C=O) groups excluding carboxylic acids is 1. The van der Waals surface area contributed by atoms with Gasteiger partial charge in [0.05, 0.1) is 13.7 Å². The number of rotatable bonds is 6. The van der Waals surface area contributed by atoms with Gasteiger partial charge in [-0.3, -0.25) is 4.79 Å². The first-order valence-electron chi connectivity index (χ1n) is 7.63. The van der Waals surface area contributed by atoms with E-state index in [1.807, 2.05) is 26.0 Å². The van der Waals surface area contributed by atoms with Gasteiger partial charge in [-0.2, -0.15) is 0 Å². The maximum Gasteiger partial charge on any atom is 0.248 e. The number of hydrogen-bond acceptors (Lipinski definition) is 4. The smallest absolute Gasteiger partial charge is 0.248 e. The summed E-state index contributed by atoms with van der Waals surface area (Å²) >= 11 is 0. The van der Waals surface area contributed by atoms with Crippen LogP contribution in [0.25, 0.3) is 6.08 Å². The Morgan fingerprint density at radius 1 is 1.21 bits per heavy atom. The summed E-state index contributed by atoms with van der Waals surface area (Å²) in [7, 11) is 1.58. The van der Waals surface area contributed by atoms with E-state index in [2.05, 4.69) is 5.32 Å². The van der Waals surface area contributed by atoms with Crippen LogP contribution in [-0.4, -0.2) is 24.7 Å². The Labute approximate surface area is 141 Å². The maximum atomic E-state index is 12.0. The molecule has 2 aromatic carbocycles. The molecule has 0 fully saturated rings. The van der Waals surface area contributed by atoms with E-state index in [1.165, 1.54) is 12.1 Å². The summed E-state index contributed by atoms with van der Waals surface area (Å²) in [6.07, 6.45) is 3.14. The summed E-state index contributed by atoms with van der Waals surface area (Å²) in [5.74, 6) is 1.20. The van der Waals surface area contributed by atoms with Gasteiger partial charge in [0.1, 0.15) is 5.75 Å². The first kappa shape index (κ1) is 17.4. The van der Waals surface area contributed by atoms with E-state index in [-0.39, 0.29) is 11.7 Å². The lowest BCUT2D eigenvalue weighted by atomic mass is 10.1.